The summed E-state index contributed by atoms with van der Waals surface area (Å²) in [4.78, 5) is 3.87. The van der Waals surface area contributed by atoms with Crippen LogP contribution in [0.5, 0.6) is 5.75 Å². The Balaban J connectivity index is 3.00. The first-order chi connectivity index (χ1) is 5.25. The summed E-state index contributed by atoms with van der Waals surface area (Å²) < 4.78 is 6.05. The molecule has 0 unspecified atom stereocenters. The lowest BCUT2D eigenvalue weighted by atomic mass is 10.4. The normalized spacial score (nSPS) is 9.64. The Bertz CT molecular complexity index is 232. The van der Waals surface area contributed by atoms with E-state index in [1.807, 2.05) is 6.92 Å². The highest BCUT2D eigenvalue weighted by atomic mass is 79.9. The molecule has 0 radical (unpaired) electrons. The molecule has 3 nitrogen and oxygen atoms in total. The number of hydrogen-bond acceptors (Lipinski definition) is 3. The van der Waals surface area contributed by atoms with Crippen LogP contribution in [-0.4, -0.2) is 11.6 Å². The molecule has 11 heavy (non-hydrogen) atoms. The van der Waals surface area contributed by atoms with Crippen molar-refractivity contribution in [2.75, 3.05) is 12.3 Å². The molecule has 1 rings (SSSR count). The number of halogens is 1. The van der Waals surface area contributed by atoms with Gasteiger partial charge in [-0.15, -0.1) is 0 Å². The highest BCUT2D eigenvalue weighted by Gasteiger charge is 2.03. The molecule has 1 aromatic rings. The summed E-state index contributed by atoms with van der Waals surface area (Å²) >= 11 is 3.28. The van der Waals surface area contributed by atoms with Crippen molar-refractivity contribution in [2.24, 2.45) is 0 Å². The zero-order valence-electron chi connectivity index (χ0n) is 6.17. The second kappa shape index (κ2) is 3.57. The van der Waals surface area contributed by atoms with Gasteiger partial charge in [0.25, 0.3) is 0 Å². The standard InChI is InChI=1S/C7H9BrN2O/c1-2-11-7-5(8)3-10-4-6(7)9/h3-4H,2,9H2,1H3. The van der Waals surface area contributed by atoms with Crippen LogP contribution >= 0.6 is 15.9 Å². The van der Waals surface area contributed by atoms with Crippen molar-refractivity contribution < 1.29 is 4.74 Å². The number of ether oxygens (including phenoxy) is 1. The lowest BCUT2D eigenvalue weighted by molar-refractivity contribution is 0.339. The van der Waals surface area contributed by atoms with Gasteiger partial charge in [0, 0.05) is 6.20 Å². The number of nitrogens with zero attached hydrogens (tertiary/aromatic N) is 1. The highest BCUT2D eigenvalue weighted by Crippen LogP contribution is 2.29. The number of nitrogen functional groups attached to an aromatic ring is 1. The van der Waals surface area contributed by atoms with Gasteiger partial charge in [0.1, 0.15) is 0 Å². The van der Waals surface area contributed by atoms with Crippen LogP contribution < -0.4 is 10.5 Å². The minimum Gasteiger partial charge on any atom is -0.490 e. The molecule has 1 heterocycles. The molecule has 0 aliphatic rings. The molecule has 0 saturated heterocycles. The number of pyridine rings is 1. The zero-order valence-corrected chi connectivity index (χ0v) is 7.76. The Morgan fingerprint density at radius 1 is 1.64 bits per heavy atom. The van der Waals surface area contributed by atoms with E-state index in [0.29, 0.717) is 18.0 Å². The van der Waals surface area contributed by atoms with Crippen molar-refractivity contribution in [1.29, 1.82) is 0 Å². The van der Waals surface area contributed by atoms with E-state index in [1.165, 1.54) is 0 Å². The third-order valence-electron chi connectivity index (χ3n) is 1.17. The molecule has 0 bridgehead atoms. The summed E-state index contributed by atoms with van der Waals surface area (Å²) in [5.74, 6) is 0.669. The van der Waals surface area contributed by atoms with Crippen molar-refractivity contribution in [3.05, 3.63) is 16.9 Å². The molecule has 0 amide bonds. The Kier molecular flexibility index (Phi) is 2.70. The van der Waals surface area contributed by atoms with Gasteiger partial charge in [0.15, 0.2) is 5.75 Å². The van der Waals surface area contributed by atoms with Crippen molar-refractivity contribution in [3.8, 4) is 5.75 Å². The number of aromatic nitrogens is 1. The average Bonchev–Trinajstić information content (AvgIpc) is 1.97. The number of rotatable bonds is 2. The number of hydrogen-bond donors (Lipinski definition) is 1. The van der Waals surface area contributed by atoms with Crippen molar-refractivity contribution in [3.63, 3.8) is 0 Å². The summed E-state index contributed by atoms with van der Waals surface area (Å²) in [5, 5.41) is 0. The molecule has 1 aromatic heterocycles. The van der Waals surface area contributed by atoms with Gasteiger partial charge in [-0.3, -0.25) is 4.98 Å². The van der Waals surface area contributed by atoms with E-state index < -0.39 is 0 Å². The maximum absolute atomic E-state index is 5.59. The van der Waals surface area contributed by atoms with E-state index in [2.05, 4.69) is 20.9 Å². The Hall–Kier alpha value is -0.770. The lowest BCUT2D eigenvalue weighted by Crippen LogP contribution is -1.98. The van der Waals surface area contributed by atoms with Gasteiger partial charge in [0.2, 0.25) is 0 Å². The first-order valence-electron chi connectivity index (χ1n) is 3.27. The quantitative estimate of drug-likeness (QED) is 0.821. The van der Waals surface area contributed by atoms with E-state index in [-0.39, 0.29) is 0 Å². The van der Waals surface area contributed by atoms with Crippen LogP contribution in [-0.2, 0) is 0 Å². The molecule has 0 spiro atoms. The van der Waals surface area contributed by atoms with Crippen LogP contribution in [0, 0.1) is 0 Å². The molecule has 60 valence electrons. The summed E-state index contributed by atoms with van der Waals surface area (Å²) in [7, 11) is 0. The maximum Gasteiger partial charge on any atom is 0.159 e. The minimum atomic E-state index is 0.557. The van der Waals surface area contributed by atoms with Crippen LogP contribution in [0.1, 0.15) is 6.92 Å². The largest absolute Gasteiger partial charge is 0.490 e. The van der Waals surface area contributed by atoms with Crippen LogP contribution in [0.3, 0.4) is 0 Å². The number of anilines is 1. The Morgan fingerprint density at radius 2 is 2.36 bits per heavy atom. The molecule has 0 fully saturated rings. The first-order valence-corrected chi connectivity index (χ1v) is 4.06. The van der Waals surface area contributed by atoms with Crippen LogP contribution in [0.4, 0.5) is 5.69 Å². The topological polar surface area (TPSA) is 48.1 Å². The molecule has 2 N–H and O–H groups in total. The fourth-order valence-electron chi connectivity index (χ4n) is 0.735. The van der Waals surface area contributed by atoms with Crippen LogP contribution in [0.15, 0.2) is 16.9 Å². The molecule has 4 heteroatoms. The molecule has 0 aliphatic carbocycles. The summed E-state index contributed by atoms with van der Waals surface area (Å²) in [6, 6.07) is 0. The lowest BCUT2D eigenvalue weighted by Gasteiger charge is -2.06. The van der Waals surface area contributed by atoms with E-state index in [9.17, 15) is 0 Å². The molecular formula is C7H9BrN2O. The van der Waals surface area contributed by atoms with Gasteiger partial charge in [-0.05, 0) is 22.9 Å². The predicted molar refractivity (Wildman–Crippen MR) is 47.5 cm³/mol. The summed E-state index contributed by atoms with van der Waals surface area (Å²) in [6.45, 7) is 2.51. The van der Waals surface area contributed by atoms with Gasteiger partial charge in [-0.1, -0.05) is 0 Å². The SMILES string of the molecule is CCOc1c(N)cncc1Br. The molecule has 0 atom stereocenters. The number of nitrogens with two attached hydrogens (primary N) is 1. The Morgan fingerprint density at radius 3 is 2.91 bits per heavy atom. The van der Waals surface area contributed by atoms with Gasteiger partial charge in [-0.2, -0.15) is 0 Å². The fourth-order valence-corrected chi connectivity index (χ4v) is 1.20. The van der Waals surface area contributed by atoms with Crippen molar-refractivity contribution in [1.82, 2.24) is 4.98 Å². The van der Waals surface area contributed by atoms with E-state index in [1.54, 1.807) is 12.4 Å². The van der Waals surface area contributed by atoms with Crippen molar-refractivity contribution in [2.45, 2.75) is 6.92 Å². The molecule has 0 aliphatic heterocycles. The zero-order chi connectivity index (χ0) is 8.27. The average molecular weight is 217 g/mol. The minimum absolute atomic E-state index is 0.557. The third-order valence-corrected chi connectivity index (χ3v) is 1.73. The van der Waals surface area contributed by atoms with Gasteiger partial charge >= 0.3 is 0 Å². The van der Waals surface area contributed by atoms with Gasteiger partial charge in [0.05, 0.1) is 23.0 Å². The van der Waals surface area contributed by atoms with Crippen molar-refractivity contribution >= 4 is 21.6 Å². The second-order valence-electron chi connectivity index (χ2n) is 1.97. The summed E-state index contributed by atoms with van der Waals surface area (Å²) in [5.41, 5.74) is 6.15. The summed E-state index contributed by atoms with van der Waals surface area (Å²) in [6.07, 6.45) is 3.22. The van der Waals surface area contributed by atoms with E-state index >= 15 is 0 Å². The molecule has 0 saturated carbocycles. The Labute approximate surface area is 73.7 Å². The predicted octanol–water partition coefficient (Wildman–Crippen LogP) is 1.82. The first kappa shape index (κ1) is 8.33. The second-order valence-corrected chi connectivity index (χ2v) is 2.83. The van der Waals surface area contributed by atoms with Crippen LogP contribution in [0.2, 0.25) is 0 Å². The van der Waals surface area contributed by atoms with Crippen LogP contribution in [0.25, 0.3) is 0 Å². The van der Waals surface area contributed by atoms with Gasteiger partial charge in [-0.25, -0.2) is 0 Å². The van der Waals surface area contributed by atoms with Gasteiger partial charge < -0.3 is 10.5 Å². The molecular weight excluding hydrogens is 208 g/mol. The fraction of sp³-hybridized carbons (Fsp3) is 0.286. The van der Waals surface area contributed by atoms with E-state index in [4.69, 9.17) is 10.5 Å². The smallest absolute Gasteiger partial charge is 0.159 e. The highest BCUT2D eigenvalue weighted by molar-refractivity contribution is 9.10. The molecule has 0 aromatic carbocycles. The van der Waals surface area contributed by atoms with E-state index in [0.717, 1.165) is 4.47 Å². The third kappa shape index (κ3) is 1.83. The maximum atomic E-state index is 5.59. The monoisotopic (exact) mass is 216 g/mol.